The van der Waals surface area contributed by atoms with Crippen molar-refractivity contribution in [1.82, 2.24) is 9.55 Å². The Hall–Kier alpha value is -2.28. The summed E-state index contributed by atoms with van der Waals surface area (Å²) in [6.45, 7) is 3.99. The molecule has 126 valence electrons. The summed E-state index contributed by atoms with van der Waals surface area (Å²) >= 11 is 1.36. The number of nitrogens with two attached hydrogens (primary N) is 1. The van der Waals surface area contributed by atoms with Crippen LogP contribution in [-0.4, -0.2) is 21.1 Å². The molecule has 1 aliphatic rings. The van der Waals surface area contributed by atoms with Crippen LogP contribution in [0.15, 0.2) is 32.7 Å². The van der Waals surface area contributed by atoms with Crippen molar-refractivity contribution < 1.29 is 4.79 Å². The number of H-pyrrole nitrogens is 1. The number of aromatic amines is 1. The summed E-state index contributed by atoms with van der Waals surface area (Å²) in [5.41, 5.74) is 6.83. The van der Waals surface area contributed by atoms with Gasteiger partial charge in [-0.15, -0.1) is 11.8 Å². The smallest absolute Gasteiger partial charge is 0.330 e. The molecule has 1 aromatic carbocycles. The highest BCUT2D eigenvalue weighted by atomic mass is 32.2. The molecule has 0 unspecified atom stereocenters. The molecule has 24 heavy (non-hydrogen) atoms. The summed E-state index contributed by atoms with van der Waals surface area (Å²) in [7, 11) is 0. The Bertz CT molecular complexity index is 926. The van der Waals surface area contributed by atoms with Crippen molar-refractivity contribution in [3.63, 3.8) is 0 Å². The molecule has 2 aromatic rings. The van der Waals surface area contributed by atoms with Crippen LogP contribution in [0, 0.1) is 13.8 Å². The molecule has 6 nitrogen and oxygen atoms in total. The lowest BCUT2D eigenvalue weighted by Gasteiger charge is -2.11. The van der Waals surface area contributed by atoms with Crippen LogP contribution in [0.1, 0.15) is 40.4 Å². The van der Waals surface area contributed by atoms with Crippen molar-refractivity contribution in [3.05, 3.63) is 55.7 Å². The third kappa shape index (κ3) is 3.17. The Labute approximate surface area is 143 Å². The van der Waals surface area contributed by atoms with Crippen LogP contribution in [0.5, 0.6) is 0 Å². The number of nitrogens with zero attached hydrogens (tertiary/aromatic N) is 1. The van der Waals surface area contributed by atoms with Crippen LogP contribution in [0.25, 0.3) is 0 Å². The summed E-state index contributed by atoms with van der Waals surface area (Å²) < 4.78 is 1.33. The summed E-state index contributed by atoms with van der Waals surface area (Å²) in [6, 6.07) is 5.98. The average molecular weight is 345 g/mol. The number of anilines is 1. The van der Waals surface area contributed by atoms with E-state index in [1.54, 1.807) is 0 Å². The first kappa shape index (κ1) is 16.6. The number of thioether (sulfide) groups is 1. The minimum atomic E-state index is -0.708. The van der Waals surface area contributed by atoms with Gasteiger partial charge in [0, 0.05) is 10.9 Å². The van der Waals surface area contributed by atoms with E-state index in [0.717, 1.165) is 28.9 Å². The zero-order valence-corrected chi connectivity index (χ0v) is 14.4. The maximum Gasteiger partial charge on any atom is 0.330 e. The number of hydrogen-bond donors (Lipinski definition) is 2. The van der Waals surface area contributed by atoms with Crippen LogP contribution < -0.4 is 17.0 Å². The first-order chi connectivity index (χ1) is 11.4. The molecule has 1 heterocycles. The van der Waals surface area contributed by atoms with Gasteiger partial charge in [0.1, 0.15) is 11.4 Å². The van der Waals surface area contributed by atoms with Crippen LogP contribution >= 0.6 is 11.8 Å². The first-order valence-corrected chi connectivity index (χ1v) is 8.74. The molecular formula is C17H19N3O3S. The summed E-state index contributed by atoms with van der Waals surface area (Å²) in [5, 5.41) is 0. The lowest BCUT2D eigenvalue weighted by atomic mass is 10.2. The highest BCUT2D eigenvalue weighted by Gasteiger charge is 2.29. The van der Waals surface area contributed by atoms with E-state index < -0.39 is 11.2 Å². The van der Waals surface area contributed by atoms with Crippen LogP contribution in [-0.2, 0) is 0 Å². The fraction of sp³-hybridized carbons (Fsp3) is 0.353. The Morgan fingerprint density at radius 1 is 1.33 bits per heavy atom. The van der Waals surface area contributed by atoms with E-state index in [0.29, 0.717) is 0 Å². The molecule has 1 saturated carbocycles. The van der Waals surface area contributed by atoms with Crippen molar-refractivity contribution in [2.45, 2.75) is 37.6 Å². The van der Waals surface area contributed by atoms with Crippen molar-refractivity contribution in [1.29, 1.82) is 0 Å². The van der Waals surface area contributed by atoms with Gasteiger partial charge in [-0.1, -0.05) is 17.7 Å². The molecule has 1 aromatic heterocycles. The molecular weight excluding hydrogens is 326 g/mol. The maximum absolute atomic E-state index is 12.5. The van der Waals surface area contributed by atoms with Crippen molar-refractivity contribution in [2.24, 2.45) is 0 Å². The predicted octanol–water partition coefficient (Wildman–Crippen LogP) is 2.05. The number of aromatic nitrogens is 2. The lowest BCUT2D eigenvalue weighted by molar-refractivity contribution is 0.102. The Morgan fingerprint density at radius 3 is 2.67 bits per heavy atom. The number of carbonyl (C=O) groups excluding carboxylic acids is 1. The Balaban J connectivity index is 1.86. The number of nitrogens with one attached hydrogen (secondary N) is 1. The summed E-state index contributed by atoms with van der Waals surface area (Å²) in [5.74, 6) is -0.286. The number of rotatable bonds is 5. The second-order valence-corrected chi connectivity index (χ2v) is 7.12. The summed E-state index contributed by atoms with van der Waals surface area (Å²) in [4.78, 5) is 39.6. The largest absolute Gasteiger partial charge is 0.384 e. The van der Waals surface area contributed by atoms with E-state index in [4.69, 9.17) is 5.73 Å². The van der Waals surface area contributed by atoms with E-state index >= 15 is 0 Å². The molecule has 0 saturated heterocycles. The predicted molar refractivity (Wildman–Crippen MR) is 95.0 cm³/mol. The van der Waals surface area contributed by atoms with Gasteiger partial charge in [-0.2, -0.15) is 0 Å². The van der Waals surface area contributed by atoms with E-state index in [1.807, 2.05) is 32.0 Å². The first-order valence-electron chi connectivity index (χ1n) is 7.76. The monoisotopic (exact) mass is 345 g/mol. The molecule has 0 aliphatic heterocycles. The molecule has 1 fully saturated rings. The van der Waals surface area contributed by atoms with Crippen LogP contribution in [0.2, 0.25) is 0 Å². The zero-order valence-electron chi connectivity index (χ0n) is 13.6. The SMILES string of the molecule is Cc1ccc(SCC(=O)c2c(N)n(C3CC3)c(=O)[nH]c2=O)c(C)c1. The Kier molecular flexibility index (Phi) is 4.36. The topological polar surface area (TPSA) is 97.9 Å². The van der Waals surface area contributed by atoms with Crippen LogP contribution in [0.4, 0.5) is 5.82 Å². The van der Waals surface area contributed by atoms with Gasteiger partial charge in [0.25, 0.3) is 5.56 Å². The minimum absolute atomic E-state index is 0.00658. The van der Waals surface area contributed by atoms with Gasteiger partial charge in [-0.3, -0.25) is 19.1 Å². The quantitative estimate of drug-likeness (QED) is 0.638. The number of carbonyl (C=O) groups is 1. The second kappa shape index (κ2) is 6.32. The standard InChI is InChI=1S/C17H19N3O3S/c1-9-3-6-13(10(2)7-9)24-8-12(21)14-15(18)20(11-4-5-11)17(23)19-16(14)22/h3,6-7,11H,4-5,8,18H2,1-2H3,(H,19,22,23). The number of benzene rings is 1. The molecule has 0 radical (unpaired) electrons. The van der Waals surface area contributed by atoms with Crippen molar-refractivity contribution in [3.8, 4) is 0 Å². The molecule has 0 amide bonds. The van der Waals surface area contributed by atoms with Crippen molar-refractivity contribution in [2.75, 3.05) is 11.5 Å². The molecule has 0 spiro atoms. The third-order valence-corrected chi connectivity index (χ3v) is 5.24. The highest BCUT2D eigenvalue weighted by Crippen LogP contribution is 2.35. The molecule has 0 bridgehead atoms. The maximum atomic E-state index is 12.5. The molecule has 7 heteroatoms. The highest BCUT2D eigenvalue weighted by molar-refractivity contribution is 8.00. The average Bonchev–Trinajstić information content (AvgIpc) is 3.30. The summed E-state index contributed by atoms with van der Waals surface area (Å²) in [6.07, 6.45) is 1.67. The van der Waals surface area contributed by atoms with Gasteiger partial charge in [0.2, 0.25) is 0 Å². The van der Waals surface area contributed by atoms with E-state index in [9.17, 15) is 14.4 Å². The van der Waals surface area contributed by atoms with E-state index in [2.05, 4.69) is 4.98 Å². The van der Waals surface area contributed by atoms with Crippen molar-refractivity contribution >= 4 is 23.4 Å². The zero-order chi connectivity index (χ0) is 17.4. The molecule has 3 N–H and O–H groups in total. The molecule has 1 aliphatic carbocycles. The number of aryl methyl sites for hydroxylation is 2. The number of hydrogen-bond acceptors (Lipinski definition) is 5. The van der Waals surface area contributed by atoms with Gasteiger partial charge in [-0.25, -0.2) is 4.79 Å². The van der Waals surface area contributed by atoms with Gasteiger partial charge in [0.15, 0.2) is 5.78 Å². The fourth-order valence-electron chi connectivity index (χ4n) is 2.71. The lowest BCUT2D eigenvalue weighted by Crippen LogP contribution is -2.36. The minimum Gasteiger partial charge on any atom is -0.384 e. The van der Waals surface area contributed by atoms with Gasteiger partial charge in [-0.05, 0) is 38.3 Å². The Morgan fingerprint density at radius 2 is 2.04 bits per heavy atom. The second-order valence-electron chi connectivity index (χ2n) is 6.10. The fourth-order valence-corrected chi connectivity index (χ4v) is 3.59. The number of nitrogen functional groups attached to an aromatic ring is 1. The van der Waals surface area contributed by atoms with Crippen LogP contribution in [0.3, 0.4) is 0 Å². The van der Waals surface area contributed by atoms with E-state index in [1.165, 1.54) is 16.3 Å². The number of ketones is 1. The third-order valence-electron chi connectivity index (χ3n) is 4.06. The van der Waals surface area contributed by atoms with Gasteiger partial charge < -0.3 is 5.73 Å². The molecule has 0 atom stereocenters. The van der Waals surface area contributed by atoms with E-state index in [-0.39, 0.29) is 29.0 Å². The normalized spacial score (nSPS) is 13.9. The van der Waals surface area contributed by atoms with Gasteiger partial charge in [0.05, 0.1) is 5.75 Å². The van der Waals surface area contributed by atoms with Gasteiger partial charge >= 0.3 is 5.69 Å². The molecule has 3 rings (SSSR count). The number of Topliss-reactive ketones (excluding diaryl/α,β-unsaturated/α-hetero) is 1.